The van der Waals surface area contributed by atoms with Crippen LogP contribution in [0, 0.1) is 0 Å². The minimum Gasteiger partial charge on any atom is -0.493 e. The van der Waals surface area contributed by atoms with Gasteiger partial charge in [0.25, 0.3) is 11.8 Å². The van der Waals surface area contributed by atoms with Gasteiger partial charge in [0.2, 0.25) is 5.75 Å². The maximum Gasteiger partial charge on any atom is 0.256 e. The molecule has 1 aliphatic heterocycles. The van der Waals surface area contributed by atoms with Gasteiger partial charge in [0, 0.05) is 31.7 Å². The molecule has 4 aromatic rings. The molecule has 5 rings (SSSR count). The molecule has 0 atom stereocenters. The van der Waals surface area contributed by atoms with E-state index in [1.165, 1.54) is 32.5 Å². The Balaban J connectivity index is 1.32. The van der Waals surface area contributed by atoms with Crippen LogP contribution in [0.3, 0.4) is 0 Å². The lowest BCUT2D eigenvalue weighted by Crippen LogP contribution is -2.50. The monoisotopic (exact) mass is 565 g/mol. The molecule has 0 bridgehead atoms. The van der Waals surface area contributed by atoms with Crippen LogP contribution in [0.15, 0.2) is 97.1 Å². The second kappa shape index (κ2) is 13.2. The molecule has 8 heteroatoms. The SMILES string of the molecule is COc1cc(C(=O)Nc2ccccc2C(=O)N2CCN(C(c3ccccc3)c3ccccc3)CC2)cc(OC)c1OC. The van der Waals surface area contributed by atoms with Crippen LogP contribution in [0.1, 0.15) is 37.9 Å². The molecular formula is C34H35N3O5. The quantitative estimate of drug-likeness (QED) is 0.288. The third kappa shape index (κ3) is 6.09. The largest absolute Gasteiger partial charge is 0.493 e. The molecule has 42 heavy (non-hydrogen) atoms. The summed E-state index contributed by atoms with van der Waals surface area (Å²) in [5.74, 6) is 0.620. The molecular weight excluding hydrogens is 530 g/mol. The Morgan fingerprint density at radius 2 is 1.21 bits per heavy atom. The van der Waals surface area contributed by atoms with Crippen LogP contribution in [-0.4, -0.2) is 69.1 Å². The highest BCUT2D eigenvalue weighted by molar-refractivity contribution is 6.09. The Morgan fingerprint density at radius 3 is 1.74 bits per heavy atom. The van der Waals surface area contributed by atoms with Crippen molar-refractivity contribution in [2.24, 2.45) is 0 Å². The zero-order valence-electron chi connectivity index (χ0n) is 24.1. The van der Waals surface area contributed by atoms with Crippen molar-refractivity contribution >= 4 is 17.5 Å². The van der Waals surface area contributed by atoms with Gasteiger partial charge in [0.15, 0.2) is 11.5 Å². The Hall–Kier alpha value is -4.82. The second-order valence-electron chi connectivity index (χ2n) is 9.97. The van der Waals surface area contributed by atoms with Gasteiger partial charge in [-0.3, -0.25) is 14.5 Å². The van der Waals surface area contributed by atoms with Crippen molar-refractivity contribution in [3.05, 3.63) is 119 Å². The highest BCUT2D eigenvalue weighted by Crippen LogP contribution is 2.38. The molecule has 0 saturated carbocycles. The number of amides is 2. The smallest absolute Gasteiger partial charge is 0.256 e. The van der Waals surface area contributed by atoms with Gasteiger partial charge in [0.1, 0.15) is 0 Å². The molecule has 4 aromatic carbocycles. The lowest BCUT2D eigenvalue weighted by molar-refractivity contribution is 0.0598. The highest BCUT2D eigenvalue weighted by Gasteiger charge is 2.29. The fourth-order valence-electron chi connectivity index (χ4n) is 5.42. The standard InChI is InChI=1S/C34H35N3O5/c1-40-29-22-26(23-30(41-2)32(29)42-3)33(38)35-28-17-11-10-16-27(28)34(39)37-20-18-36(19-21-37)31(24-12-6-4-7-13-24)25-14-8-5-9-15-25/h4-17,22-23,31H,18-21H2,1-3H3,(H,35,38). The molecule has 8 nitrogen and oxygen atoms in total. The Morgan fingerprint density at radius 1 is 0.690 bits per heavy atom. The highest BCUT2D eigenvalue weighted by atomic mass is 16.5. The van der Waals surface area contributed by atoms with Gasteiger partial charge >= 0.3 is 0 Å². The van der Waals surface area contributed by atoms with Crippen molar-refractivity contribution in [1.29, 1.82) is 0 Å². The second-order valence-corrected chi connectivity index (χ2v) is 9.97. The first-order chi connectivity index (χ1) is 20.5. The van der Waals surface area contributed by atoms with E-state index < -0.39 is 5.91 Å². The minimum absolute atomic E-state index is 0.106. The molecule has 216 valence electrons. The molecule has 1 N–H and O–H groups in total. The van der Waals surface area contributed by atoms with Gasteiger partial charge < -0.3 is 24.4 Å². The van der Waals surface area contributed by atoms with Crippen molar-refractivity contribution in [3.8, 4) is 17.2 Å². The van der Waals surface area contributed by atoms with Crippen LogP contribution < -0.4 is 19.5 Å². The summed E-state index contributed by atoms with van der Waals surface area (Å²) in [6.45, 7) is 2.59. The van der Waals surface area contributed by atoms with Crippen LogP contribution in [0.5, 0.6) is 17.2 Å². The number of hydrogen-bond acceptors (Lipinski definition) is 6. The maximum absolute atomic E-state index is 13.7. The third-order valence-corrected chi connectivity index (χ3v) is 7.53. The zero-order chi connectivity index (χ0) is 29.5. The first kappa shape index (κ1) is 28.7. The molecule has 0 radical (unpaired) electrons. The van der Waals surface area contributed by atoms with Crippen molar-refractivity contribution in [1.82, 2.24) is 9.80 Å². The lowest BCUT2D eigenvalue weighted by atomic mass is 9.96. The van der Waals surface area contributed by atoms with Crippen molar-refractivity contribution in [2.75, 3.05) is 52.8 Å². The molecule has 0 aliphatic carbocycles. The van der Waals surface area contributed by atoms with E-state index >= 15 is 0 Å². The number of carbonyl (C=O) groups excluding carboxylic acids is 2. The van der Waals surface area contributed by atoms with E-state index in [9.17, 15) is 9.59 Å². The van der Waals surface area contributed by atoms with Gasteiger partial charge in [0.05, 0.1) is 38.6 Å². The van der Waals surface area contributed by atoms with E-state index in [1.807, 2.05) is 17.0 Å². The summed E-state index contributed by atoms with van der Waals surface area (Å²) < 4.78 is 16.2. The summed E-state index contributed by atoms with van der Waals surface area (Å²) in [6, 6.07) is 31.3. The number of nitrogens with one attached hydrogen (secondary N) is 1. The van der Waals surface area contributed by atoms with Crippen molar-refractivity contribution in [2.45, 2.75) is 6.04 Å². The van der Waals surface area contributed by atoms with Crippen LogP contribution in [0.2, 0.25) is 0 Å². The summed E-state index contributed by atoms with van der Waals surface area (Å²) in [7, 11) is 4.49. The molecule has 1 fully saturated rings. The molecule has 1 aliphatic rings. The summed E-state index contributed by atoms with van der Waals surface area (Å²) in [6.07, 6.45) is 0. The molecule has 0 spiro atoms. The maximum atomic E-state index is 13.7. The van der Waals surface area contributed by atoms with E-state index in [1.54, 1.807) is 36.4 Å². The van der Waals surface area contributed by atoms with E-state index in [-0.39, 0.29) is 11.9 Å². The Bertz CT molecular complexity index is 1450. The summed E-state index contributed by atoms with van der Waals surface area (Å²) in [5, 5.41) is 2.91. The predicted octanol–water partition coefficient (Wildman–Crippen LogP) is 5.51. The predicted molar refractivity (Wildman–Crippen MR) is 163 cm³/mol. The number of anilines is 1. The topological polar surface area (TPSA) is 80.3 Å². The average Bonchev–Trinajstić information content (AvgIpc) is 3.05. The summed E-state index contributed by atoms with van der Waals surface area (Å²) >= 11 is 0. The van der Waals surface area contributed by atoms with Crippen molar-refractivity contribution in [3.63, 3.8) is 0 Å². The Kier molecular flexibility index (Phi) is 9.04. The van der Waals surface area contributed by atoms with Crippen LogP contribution in [-0.2, 0) is 0 Å². The Labute approximate surface area is 246 Å². The average molecular weight is 566 g/mol. The summed E-state index contributed by atoms with van der Waals surface area (Å²) in [5.41, 5.74) is 3.64. The van der Waals surface area contributed by atoms with E-state index in [0.29, 0.717) is 47.2 Å². The minimum atomic E-state index is -0.395. The number of para-hydroxylation sites is 1. The number of hydrogen-bond donors (Lipinski definition) is 1. The number of rotatable bonds is 9. The number of benzene rings is 4. The molecule has 0 unspecified atom stereocenters. The van der Waals surface area contributed by atoms with Gasteiger partial charge in [-0.25, -0.2) is 0 Å². The van der Waals surface area contributed by atoms with Crippen molar-refractivity contribution < 1.29 is 23.8 Å². The third-order valence-electron chi connectivity index (χ3n) is 7.53. The van der Waals surface area contributed by atoms with Crippen LogP contribution >= 0.6 is 0 Å². The van der Waals surface area contributed by atoms with Crippen LogP contribution in [0.4, 0.5) is 5.69 Å². The lowest BCUT2D eigenvalue weighted by Gasteiger charge is -2.40. The van der Waals surface area contributed by atoms with Crippen LogP contribution in [0.25, 0.3) is 0 Å². The van der Waals surface area contributed by atoms with E-state index in [0.717, 1.165) is 13.1 Å². The fraction of sp³-hybridized carbons (Fsp3) is 0.235. The first-order valence-corrected chi connectivity index (χ1v) is 13.9. The molecule has 0 aromatic heterocycles. The van der Waals surface area contributed by atoms with Gasteiger partial charge in [-0.2, -0.15) is 0 Å². The van der Waals surface area contributed by atoms with E-state index in [4.69, 9.17) is 14.2 Å². The molecule has 1 heterocycles. The van der Waals surface area contributed by atoms with Gasteiger partial charge in [-0.05, 0) is 35.4 Å². The normalized spacial score (nSPS) is 13.5. The number of nitrogens with zero attached hydrogens (tertiary/aromatic N) is 2. The first-order valence-electron chi connectivity index (χ1n) is 13.9. The number of methoxy groups -OCH3 is 3. The molecule has 2 amide bonds. The zero-order valence-corrected chi connectivity index (χ0v) is 24.1. The number of ether oxygens (including phenoxy) is 3. The molecule has 1 saturated heterocycles. The number of piperazine rings is 1. The summed E-state index contributed by atoms with van der Waals surface area (Å²) in [4.78, 5) is 31.3. The fourth-order valence-corrected chi connectivity index (χ4v) is 5.42. The van der Waals surface area contributed by atoms with Gasteiger partial charge in [-0.1, -0.05) is 72.8 Å². The van der Waals surface area contributed by atoms with Gasteiger partial charge in [-0.15, -0.1) is 0 Å². The van der Waals surface area contributed by atoms with E-state index in [2.05, 4.69) is 58.7 Å². The number of carbonyl (C=O) groups is 2.